The third-order valence-corrected chi connectivity index (χ3v) is 3.65. The Labute approximate surface area is 106 Å². The van der Waals surface area contributed by atoms with Crippen molar-refractivity contribution in [3.63, 3.8) is 0 Å². The molecule has 0 amide bonds. The lowest BCUT2D eigenvalue weighted by atomic mass is 10.1. The van der Waals surface area contributed by atoms with Gasteiger partial charge in [-0.25, -0.2) is 18.4 Å². The van der Waals surface area contributed by atoms with Crippen LogP contribution in [0.5, 0.6) is 0 Å². The van der Waals surface area contributed by atoms with E-state index in [0.29, 0.717) is 11.5 Å². The van der Waals surface area contributed by atoms with Gasteiger partial charge in [0.25, 0.3) is 0 Å². The largest absolute Gasteiger partial charge is 0.398 e. The number of nitrogens with two attached hydrogens (primary N) is 1. The van der Waals surface area contributed by atoms with Gasteiger partial charge in [0, 0.05) is 18.0 Å². The average Bonchev–Trinajstić information content (AvgIpc) is 2.27. The van der Waals surface area contributed by atoms with Gasteiger partial charge in [-0.15, -0.1) is 0 Å². The highest BCUT2D eigenvalue weighted by molar-refractivity contribution is 7.90. The first-order valence-electron chi connectivity index (χ1n) is 5.27. The molecule has 0 aliphatic rings. The molecule has 0 radical (unpaired) electrons. The molecular formula is C12H13N3O2S. The Morgan fingerprint density at radius 3 is 2.50 bits per heavy atom. The minimum Gasteiger partial charge on any atom is -0.398 e. The second-order valence-electron chi connectivity index (χ2n) is 4.01. The van der Waals surface area contributed by atoms with Gasteiger partial charge in [0.15, 0.2) is 9.84 Å². The molecule has 18 heavy (non-hydrogen) atoms. The van der Waals surface area contributed by atoms with E-state index >= 15 is 0 Å². The molecule has 0 unspecified atom stereocenters. The highest BCUT2D eigenvalue weighted by atomic mass is 32.2. The van der Waals surface area contributed by atoms with Crippen molar-refractivity contribution >= 4 is 15.5 Å². The van der Waals surface area contributed by atoms with Crippen LogP contribution in [-0.4, -0.2) is 24.6 Å². The minimum absolute atomic E-state index is 0.136. The lowest BCUT2D eigenvalue weighted by Gasteiger charge is -2.06. The number of rotatable bonds is 2. The quantitative estimate of drug-likeness (QED) is 0.828. The van der Waals surface area contributed by atoms with E-state index in [2.05, 4.69) is 9.97 Å². The van der Waals surface area contributed by atoms with Gasteiger partial charge in [0.2, 0.25) is 0 Å². The molecule has 0 atom stereocenters. The molecule has 0 saturated heterocycles. The predicted molar refractivity (Wildman–Crippen MR) is 69.7 cm³/mol. The van der Waals surface area contributed by atoms with Gasteiger partial charge < -0.3 is 5.73 Å². The molecule has 0 aliphatic heterocycles. The number of sulfone groups is 1. The summed E-state index contributed by atoms with van der Waals surface area (Å²) in [4.78, 5) is 8.40. The first kappa shape index (κ1) is 12.5. The summed E-state index contributed by atoms with van der Waals surface area (Å²) in [6.07, 6.45) is 2.78. The zero-order valence-corrected chi connectivity index (χ0v) is 10.9. The molecule has 2 N–H and O–H groups in total. The molecule has 1 aromatic heterocycles. The van der Waals surface area contributed by atoms with E-state index < -0.39 is 9.84 Å². The van der Waals surface area contributed by atoms with Gasteiger partial charge in [0.1, 0.15) is 5.82 Å². The van der Waals surface area contributed by atoms with Crippen LogP contribution in [0.2, 0.25) is 0 Å². The Bertz CT molecular complexity index is 696. The van der Waals surface area contributed by atoms with Crippen molar-refractivity contribution in [2.45, 2.75) is 11.8 Å². The van der Waals surface area contributed by atoms with Gasteiger partial charge >= 0.3 is 0 Å². The van der Waals surface area contributed by atoms with Crippen LogP contribution in [0.25, 0.3) is 11.3 Å². The van der Waals surface area contributed by atoms with Gasteiger partial charge in [-0.3, -0.25) is 0 Å². The fraction of sp³-hybridized carbons (Fsp3) is 0.167. The van der Waals surface area contributed by atoms with Crippen molar-refractivity contribution in [3.05, 3.63) is 36.3 Å². The lowest BCUT2D eigenvalue weighted by Crippen LogP contribution is -2.02. The van der Waals surface area contributed by atoms with Crippen LogP contribution in [-0.2, 0) is 9.84 Å². The number of hydrogen-bond donors (Lipinski definition) is 1. The third kappa shape index (κ3) is 2.48. The third-order valence-electron chi connectivity index (χ3n) is 2.48. The Balaban J connectivity index is 2.53. The average molecular weight is 263 g/mol. The summed E-state index contributed by atoms with van der Waals surface area (Å²) in [7, 11) is -3.30. The summed E-state index contributed by atoms with van der Waals surface area (Å²) in [5.41, 5.74) is 7.47. The van der Waals surface area contributed by atoms with Gasteiger partial charge in [-0.1, -0.05) is 6.07 Å². The normalized spacial score (nSPS) is 11.4. The summed E-state index contributed by atoms with van der Waals surface area (Å²) < 4.78 is 22.9. The highest BCUT2D eigenvalue weighted by Crippen LogP contribution is 2.25. The van der Waals surface area contributed by atoms with Crippen molar-refractivity contribution in [2.75, 3.05) is 12.0 Å². The first-order chi connectivity index (χ1) is 8.38. The van der Waals surface area contributed by atoms with E-state index in [1.807, 2.05) is 0 Å². The molecular weight excluding hydrogens is 250 g/mol. The fourth-order valence-corrected chi connectivity index (χ4v) is 2.46. The zero-order valence-electron chi connectivity index (χ0n) is 10.1. The van der Waals surface area contributed by atoms with E-state index in [1.54, 1.807) is 31.3 Å². The summed E-state index contributed by atoms with van der Waals surface area (Å²) in [6.45, 7) is 1.79. The maximum atomic E-state index is 11.5. The Morgan fingerprint density at radius 2 is 1.94 bits per heavy atom. The number of nitrogen functional groups attached to an aromatic ring is 1. The lowest BCUT2D eigenvalue weighted by molar-refractivity contribution is 0.602. The first-order valence-corrected chi connectivity index (χ1v) is 7.16. The molecule has 2 aromatic rings. The second-order valence-corrected chi connectivity index (χ2v) is 6.00. The predicted octanol–water partition coefficient (Wildman–Crippen LogP) is 1.44. The number of benzene rings is 1. The van der Waals surface area contributed by atoms with Crippen molar-refractivity contribution in [2.24, 2.45) is 0 Å². The molecule has 94 valence electrons. The highest BCUT2D eigenvalue weighted by Gasteiger charge is 2.12. The number of aryl methyl sites for hydroxylation is 1. The minimum atomic E-state index is -3.30. The summed E-state index contributed by atoms with van der Waals surface area (Å²) in [5.74, 6) is 0.651. The van der Waals surface area contributed by atoms with Crippen LogP contribution >= 0.6 is 0 Å². The van der Waals surface area contributed by atoms with Crippen LogP contribution in [0.1, 0.15) is 5.82 Å². The van der Waals surface area contributed by atoms with Crippen LogP contribution in [0, 0.1) is 6.92 Å². The zero-order chi connectivity index (χ0) is 13.3. The van der Waals surface area contributed by atoms with Crippen molar-refractivity contribution < 1.29 is 8.42 Å². The van der Waals surface area contributed by atoms with E-state index in [0.717, 1.165) is 11.8 Å². The maximum Gasteiger partial charge on any atom is 0.177 e. The van der Waals surface area contributed by atoms with Crippen molar-refractivity contribution in [1.29, 1.82) is 0 Å². The second kappa shape index (κ2) is 4.38. The molecule has 1 aromatic carbocycles. The molecule has 5 nitrogen and oxygen atoms in total. The number of nitrogens with zero attached hydrogens (tertiary/aromatic N) is 2. The SMILES string of the molecule is Cc1nccc(-c2ccc(S(C)(=O)=O)c(N)c2)n1. The molecule has 1 heterocycles. The molecule has 0 saturated carbocycles. The number of aromatic nitrogens is 2. The number of anilines is 1. The summed E-state index contributed by atoms with van der Waals surface area (Å²) in [5, 5.41) is 0. The maximum absolute atomic E-state index is 11.5. The van der Waals surface area contributed by atoms with Gasteiger partial charge in [-0.2, -0.15) is 0 Å². The molecule has 2 rings (SSSR count). The van der Waals surface area contributed by atoms with E-state index in [4.69, 9.17) is 5.73 Å². The van der Waals surface area contributed by atoms with E-state index in [-0.39, 0.29) is 10.6 Å². The fourth-order valence-electron chi connectivity index (χ4n) is 1.66. The topological polar surface area (TPSA) is 85.9 Å². The Hall–Kier alpha value is -1.95. The Morgan fingerprint density at radius 1 is 1.22 bits per heavy atom. The van der Waals surface area contributed by atoms with Gasteiger partial charge in [0.05, 0.1) is 16.3 Å². The van der Waals surface area contributed by atoms with Crippen molar-refractivity contribution in [1.82, 2.24) is 9.97 Å². The smallest absolute Gasteiger partial charge is 0.177 e. The molecule has 0 bridgehead atoms. The van der Waals surface area contributed by atoms with Crippen LogP contribution in [0.4, 0.5) is 5.69 Å². The standard InChI is InChI=1S/C12H13N3O2S/c1-8-14-6-5-11(15-8)9-3-4-12(10(13)7-9)18(2,16)17/h3-7H,13H2,1-2H3. The van der Waals surface area contributed by atoms with Crippen molar-refractivity contribution in [3.8, 4) is 11.3 Å². The van der Waals surface area contributed by atoms with Crippen LogP contribution < -0.4 is 5.73 Å². The number of hydrogen-bond acceptors (Lipinski definition) is 5. The van der Waals surface area contributed by atoms with Crippen LogP contribution in [0.3, 0.4) is 0 Å². The monoisotopic (exact) mass is 263 g/mol. The molecule has 0 spiro atoms. The molecule has 0 fully saturated rings. The Kier molecular flexibility index (Phi) is 3.04. The summed E-state index contributed by atoms with van der Waals surface area (Å²) in [6, 6.07) is 6.55. The molecule has 6 heteroatoms. The van der Waals surface area contributed by atoms with Gasteiger partial charge in [-0.05, 0) is 25.1 Å². The van der Waals surface area contributed by atoms with E-state index in [9.17, 15) is 8.42 Å². The summed E-state index contributed by atoms with van der Waals surface area (Å²) >= 11 is 0. The molecule has 0 aliphatic carbocycles. The van der Waals surface area contributed by atoms with Crippen LogP contribution in [0.15, 0.2) is 35.4 Å². The van der Waals surface area contributed by atoms with E-state index in [1.165, 1.54) is 6.07 Å².